The van der Waals surface area contributed by atoms with Crippen molar-refractivity contribution in [2.45, 2.75) is 13.0 Å². The van der Waals surface area contributed by atoms with E-state index in [1.807, 2.05) is 31.2 Å². The molecule has 0 aliphatic rings. The number of amides is 1. The summed E-state index contributed by atoms with van der Waals surface area (Å²) in [6.07, 6.45) is 2.07. The van der Waals surface area contributed by atoms with Crippen LogP contribution in [-0.4, -0.2) is 35.3 Å². The quantitative estimate of drug-likeness (QED) is 0.856. The number of nitrogens with one attached hydrogen (secondary N) is 1. The van der Waals surface area contributed by atoms with Crippen LogP contribution in [-0.2, 0) is 0 Å². The average molecular weight is 321 g/mol. The highest BCUT2D eigenvalue weighted by Crippen LogP contribution is 2.13. The summed E-state index contributed by atoms with van der Waals surface area (Å²) < 4.78 is 5.47. The third kappa shape index (κ3) is 4.72. The molecule has 2 rings (SSSR count). The number of nitrogens with zero attached hydrogens (tertiary/aromatic N) is 1. The van der Waals surface area contributed by atoms with Crippen LogP contribution >= 0.6 is 11.6 Å². The van der Waals surface area contributed by atoms with E-state index < -0.39 is 6.10 Å². The normalized spacial score (nSPS) is 11.8. The Morgan fingerprint density at radius 3 is 3.00 bits per heavy atom. The Morgan fingerprint density at radius 2 is 2.27 bits per heavy atom. The predicted octanol–water partition coefficient (Wildman–Crippen LogP) is 2.21. The van der Waals surface area contributed by atoms with Crippen molar-refractivity contribution in [1.82, 2.24) is 10.3 Å². The van der Waals surface area contributed by atoms with Crippen molar-refractivity contribution in [3.8, 4) is 5.75 Å². The molecule has 0 spiro atoms. The minimum absolute atomic E-state index is 0.0727. The van der Waals surface area contributed by atoms with Crippen LogP contribution in [0.2, 0.25) is 5.02 Å². The van der Waals surface area contributed by atoms with Gasteiger partial charge in [0.2, 0.25) is 0 Å². The third-order valence-electron chi connectivity index (χ3n) is 2.95. The summed E-state index contributed by atoms with van der Waals surface area (Å²) in [7, 11) is 0. The van der Waals surface area contributed by atoms with Crippen molar-refractivity contribution in [3.05, 3.63) is 58.9 Å². The molecule has 0 saturated carbocycles. The summed E-state index contributed by atoms with van der Waals surface area (Å²) >= 11 is 5.88. The molecule has 0 bridgehead atoms. The molecule has 0 radical (unpaired) electrons. The van der Waals surface area contributed by atoms with Crippen molar-refractivity contribution < 1.29 is 14.6 Å². The predicted molar refractivity (Wildman–Crippen MR) is 84.3 cm³/mol. The van der Waals surface area contributed by atoms with Crippen LogP contribution in [0.3, 0.4) is 0 Å². The summed E-state index contributed by atoms with van der Waals surface area (Å²) in [6.45, 7) is 2.12. The zero-order chi connectivity index (χ0) is 15.9. The number of carbonyl (C=O) groups excluding carboxylic acids is 1. The first-order chi connectivity index (χ1) is 10.6. The van der Waals surface area contributed by atoms with Gasteiger partial charge >= 0.3 is 0 Å². The molecule has 5 nitrogen and oxygen atoms in total. The van der Waals surface area contributed by atoms with Crippen molar-refractivity contribution in [2.24, 2.45) is 0 Å². The summed E-state index contributed by atoms with van der Waals surface area (Å²) in [4.78, 5) is 15.7. The molecule has 2 aromatic rings. The number of aliphatic hydroxyl groups is 1. The minimum Gasteiger partial charge on any atom is -0.491 e. The van der Waals surface area contributed by atoms with Gasteiger partial charge in [0.25, 0.3) is 5.91 Å². The van der Waals surface area contributed by atoms with Gasteiger partial charge in [-0.1, -0.05) is 23.7 Å². The Morgan fingerprint density at radius 1 is 1.45 bits per heavy atom. The Hall–Kier alpha value is -2.11. The van der Waals surface area contributed by atoms with Crippen molar-refractivity contribution >= 4 is 17.5 Å². The fourth-order valence-corrected chi connectivity index (χ4v) is 2.03. The number of aryl methyl sites for hydroxylation is 1. The molecule has 1 atom stereocenters. The lowest BCUT2D eigenvalue weighted by atomic mass is 10.2. The van der Waals surface area contributed by atoms with E-state index in [0.717, 1.165) is 5.56 Å². The van der Waals surface area contributed by atoms with E-state index in [9.17, 15) is 9.90 Å². The van der Waals surface area contributed by atoms with Crippen LogP contribution in [0.4, 0.5) is 0 Å². The van der Waals surface area contributed by atoms with Crippen LogP contribution in [0.25, 0.3) is 0 Å². The molecule has 1 heterocycles. The number of ether oxygens (including phenoxy) is 1. The number of hydrogen-bond donors (Lipinski definition) is 2. The van der Waals surface area contributed by atoms with Crippen molar-refractivity contribution in [2.75, 3.05) is 13.2 Å². The maximum atomic E-state index is 11.9. The molecule has 1 aromatic heterocycles. The van der Waals surface area contributed by atoms with Gasteiger partial charge in [-0.05, 0) is 30.7 Å². The zero-order valence-corrected chi connectivity index (χ0v) is 12.9. The van der Waals surface area contributed by atoms with Crippen LogP contribution in [0.15, 0.2) is 42.7 Å². The van der Waals surface area contributed by atoms with Crippen LogP contribution in [0.5, 0.6) is 5.75 Å². The van der Waals surface area contributed by atoms with Crippen molar-refractivity contribution in [3.63, 3.8) is 0 Å². The van der Waals surface area contributed by atoms with Crippen LogP contribution < -0.4 is 10.1 Å². The standard InChI is InChI=1S/C16H17ClN2O3/c1-11-3-2-4-13(7-11)22-10-12(20)8-19-16(21)14-5-6-18-9-15(14)17/h2-7,9,12,20H,8,10H2,1H3,(H,19,21). The van der Waals surface area contributed by atoms with Gasteiger partial charge in [-0.25, -0.2) is 0 Å². The van der Waals surface area contributed by atoms with Gasteiger partial charge in [-0.2, -0.15) is 0 Å². The maximum absolute atomic E-state index is 11.9. The second-order valence-electron chi connectivity index (χ2n) is 4.85. The van der Waals surface area contributed by atoms with Crippen molar-refractivity contribution in [1.29, 1.82) is 0 Å². The van der Waals surface area contributed by atoms with Gasteiger partial charge in [0, 0.05) is 18.9 Å². The summed E-state index contributed by atoms with van der Waals surface area (Å²) in [5.74, 6) is 0.324. The first-order valence-corrected chi connectivity index (χ1v) is 7.19. The fourth-order valence-electron chi connectivity index (χ4n) is 1.82. The van der Waals surface area contributed by atoms with Gasteiger partial charge in [-0.15, -0.1) is 0 Å². The topological polar surface area (TPSA) is 71.5 Å². The molecular weight excluding hydrogens is 304 g/mol. The number of aromatic nitrogens is 1. The van der Waals surface area contributed by atoms with E-state index in [2.05, 4.69) is 10.3 Å². The monoisotopic (exact) mass is 320 g/mol. The molecule has 116 valence electrons. The van der Waals surface area contributed by atoms with Crippen LogP contribution in [0, 0.1) is 6.92 Å². The molecular formula is C16H17ClN2O3. The second-order valence-corrected chi connectivity index (χ2v) is 5.25. The molecule has 0 fully saturated rings. The number of benzene rings is 1. The van der Waals surface area contributed by atoms with Crippen LogP contribution in [0.1, 0.15) is 15.9 Å². The molecule has 0 aliphatic heterocycles. The van der Waals surface area contributed by atoms with Gasteiger partial charge in [0.1, 0.15) is 18.5 Å². The number of pyridine rings is 1. The SMILES string of the molecule is Cc1cccc(OCC(O)CNC(=O)c2ccncc2Cl)c1. The molecule has 2 N–H and O–H groups in total. The molecule has 1 aromatic carbocycles. The van der Waals surface area contributed by atoms with Gasteiger partial charge in [0.05, 0.1) is 10.6 Å². The molecule has 22 heavy (non-hydrogen) atoms. The van der Waals surface area contributed by atoms with Gasteiger partial charge < -0.3 is 15.2 Å². The Bertz CT molecular complexity index is 649. The van der Waals surface area contributed by atoms with E-state index >= 15 is 0 Å². The average Bonchev–Trinajstić information content (AvgIpc) is 2.51. The zero-order valence-electron chi connectivity index (χ0n) is 12.1. The number of carbonyl (C=O) groups is 1. The highest BCUT2D eigenvalue weighted by atomic mass is 35.5. The Kier molecular flexibility index (Phi) is 5.75. The first-order valence-electron chi connectivity index (χ1n) is 6.81. The molecule has 0 saturated heterocycles. The first kappa shape index (κ1) is 16.3. The lowest BCUT2D eigenvalue weighted by Gasteiger charge is -2.14. The van der Waals surface area contributed by atoms with E-state index in [1.54, 1.807) is 0 Å². The molecule has 0 aliphatic carbocycles. The minimum atomic E-state index is -0.815. The lowest BCUT2D eigenvalue weighted by Crippen LogP contribution is -2.35. The Labute approximate surface area is 133 Å². The summed E-state index contributed by atoms with van der Waals surface area (Å²) in [5.41, 5.74) is 1.40. The number of hydrogen-bond acceptors (Lipinski definition) is 4. The third-order valence-corrected chi connectivity index (χ3v) is 3.25. The smallest absolute Gasteiger partial charge is 0.253 e. The molecule has 1 amide bonds. The summed E-state index contributed by atoms with van der Waals surface area (Å²) in [5, 5.41) is 12.7. The number of rotatable bonds is 6. The molecule has 1 unspecified atom stereocenters. The number of aliphatic hydroxyl groups excluding tert-OH is 1. The molecule has 6 heteroatoms. The van der Waals surface area contributed by atoms with Gasteiger partial charge in [0.15, 0.2) is 0 Å². The maximum Gasteiger partial charge on any atom is 0.253 e. The van der Waals surface area contributed by atoms with Gasteiger partial charge in [-0.3, -0.25) is 9.78 Å². The summed E-state index contributed by atoms with van der Waals surface area (Å²) in [6, 6.07) is 9.05. The Balaban J connectivity index is 1.79. The second kappa shape index (κ2) is 7.77. The van der Waals surface area contributed by atoms with E-state index in [1.165, 1.54) is 18.5 Å². The lowest BCUT2D eigenvalue weighted by molar-refractivity contribution is 0.0843. The van der Waals surface area contributed by atoms with E-state index in [0.29, 0.717) is 11.3 Å². The van der Waals surface area contributed by atoms with E-state index in [-0.39, 0.29) is 24.1 Å². The highest BCUT2D eigenvalue weighted by Gasteiger charge is 2.12. The number of halogens is 1. The highest BCUT2D eigenvalue weighted by molar-refractivity contribution is 6.33. The fraction of sp³-hybridized carbons (Fsp3) is 0.250. The largest absolute Gasteiger partial charge is 0.491 e. The van der Waals surface area contributed by atoms with E-state index in [4.69, 9.17) is 16.3 Å².